The molecule has 134 valence electrons. The Morgan fingerprint density at radius 1 is 1.50 bits per heavy atom. The van der Waals surface area contributed by atoms with Crippen LogP contribution >= 0.6 is 11.3 Å². The van der Waals surface area contributed by atoms with Gasteiger partial charge >= 0.3 is 6.09 Å². The van der Waals surface area contributed by atoms with E-state index in [2.05, 4.69) is 5.32 Å². The van der Waals surface area contributed by atoms with Gasteiger partial charge < -0.3 is 20.1 Å². The molecule has 7 heteroatoms. The van der Waals surface area contributed by atoms with Crippen molar-refractivity contribution in [3.8, 4) is 0 Å². The summed E-state index contributed by atoms with van der Waals surface area (Å²) in [5.41, 5.74) is 1.37. The van der Waals surface area contributed by atoms with Crippen LogP contribution in [0, 0.1) is 6.92 Å². The van der Waals surface area contributed by atoms with Gasteiger partial charge in [0.05, 0.1) is 6.04 Å². The van der Waals surface area contributed by atoms with Crippen molar-refractivity contribution >= 4 is 23.3 Å². The average Bonchev–Trinajstić information content (AvgIpc) is 3.03. The van der Waals surface area contributed by atoms with E-state index in [1.54, 1.807) is 37.0 Å². The number of carbonyl (C=O) groups excluding carboxylic acids is 2. The van der Waals surface area contributed by atoms with Gasteiger partial charge in [-0.25, -0.2) is 4.79 Å². The number of thiophene rings is 1. The van der Waals surface area contributed by atoms with Crippen molar-refractivity contribution in [1.82, 2.24) is 10.2 Å². The lowest BCUT2D eigenvalue weighted by Gasteiger charge is -2.29. The first-order valence-corrected chi connectivity index (χ1v) is 9.10. The van der Waals surface area contributed by atoms with Gasteiger partial charge in [0, 0.05) is 19.5 Å². The Bertz CT molecular complexity index is 594. The molecule has 0 saturated carbocycles. The summed E-state index contributed by atoms with van der Waals surface area (Å²) in [6.07, 6.45) is -0.136. The highest BCUT2D eigenvalue weighted by Gasteiger charge is 2.36. The predicted octanol–water partition coefficient (Wildman–Crippen LogP) is 2.61. The number of nitrogens with one attached hydrogen (secondary N) is 1. The molecule has 1 aromatic rings. The third kappa shape index (κ3) is 4.70. The minimum Gasteiger partial charge on any atom is -0.444 e. The quantitative estimate of drug-likeness (QED) is 0.852. The van der Waals surface area contributed by atoms with E-state index in [9.17, 15) is 14.7 Å². The Kier molecular flexibility index (Phi) is 5.87. The van der Waals surface area contributed by atoms with Crippen molar-refractivity contribution in [2.75, 3.05) is 13.1 Å². The van der Waals surface area contributed by atoms with Gasteiger partial charge in [-0.2, -0.15) is 11.3 Å². The molecule has 0 unspecified atom stereocenters. The number of aryl methyl sites for hydroxylation is 1. The molecule has 2 amide bonds. The standard InChI is InChI=1S/C17H26N2O4S/c1-11-9-24-10-12(11)15(21)13-5-6-14(20)19(13)8-7-18-16(22)23-17(2,3)4/h9-10,13,15,21H,5-8H2,1-4H3,(H,18,22)/t13-,15+/m0/s1. The first kappa shape index (κ1) is 18.7. The van der Waals surface area contributed by atoms with Crippen molar-refractivity contribution in [2.45, 2.75) is 58.3 Å². The van der Waals surface area contributed by atoms with Gasteiger partial charge in [-0.1, -0.05) is 0 Å². The zero-order valence-electron chi connectivity index (χ0n) is 14.7. The van der Waals surface area contributed by atoms with Crippen molar-refractivity contribution in [3.05, 3.63) is 21.9 Å². The number of carbonyl (C=O) groups is 2. The van der Waals surface area contributed by atoms with Crippen molar-refractivity contribution in [3.63, 3.8) is 0 Å². The van der Waals surface area contributed by atoms with Crippen LogP contribution in [0.1, 0.15) is 50.8 Å². The van der Waals surface area contributed by atoms with Crippen molar-refractivity contribution < 1.29 is 19.4 Å². The molecule has 2 heterocycles. The third-order valence-electron chi connectivity index (χ3n) is 3.97. The number of aliphatic hydroxyl groups excluding tert-OH is 1. The molecule has 0 aliphatic carbocycles. The van der Waals surface area contributed by atoms with Gasteiger partial charge in [-0.3, -0.25) is 4.79 Å². The summed E-state index contributed by atoms with van der Waals surface area (Å²) in [5, 5.41) is 17.2. The molecule has 0 bridgehead atoms. The summed E-state index contributed by atoms with van der Waals surface area (Å²) in [5.74, 6) is 0.0120. The molecule has 2 rings (SSSR count). The second kappa shape index (κ2) is 7.53. The van der Waals surface area contributed by atoms with E-state index in [0.717, 1.165) is 11.1 Å². The van der Waals surface area contributed by atoms with Gasteiger partial charge in [-0.15, -0.1) is 0 Å². The molecule has 0 radical (unpaired) electrons. The number of amides is 2. The number of hydrogen-bond acceptors (Lipinski definition) is 5. The van der Waals surface area contributed by atoms with Gasteiger partial charge in [0.1, 0.15) is 11.7 Å². The minimum atomic E-state index is -0.691. The highest BCUT2D eigenvalue weighted by molar-refractivity contribution is 7.08. The average molecular weight is 354 g/mol. The normalized spacial score (nSPS) is 19.5. The topological polar surface area (TPSA) is 78.9 Å². The summed E-state index contributed by atoms with van der Waals surface area (Å²) < 4.78 is 5.18. The van der Waals surface area contributed by atoms with Crippen molar-refractivity contribution in [2.24, 2.45) is 0 Å². The van der Waals surface area contributed by atoms with Crippen LogP contribution < -0.4 is 5.32 Å². The van der Waals surface area contributed by atoms with Crippen LogP contribution in [-0.4, -0.2) is 46.7 Å². The second-order valence-corrected chi connectivity index (χ2v) is 7.82. The molecule has 24 heavy (non-hydrogen) atoms. The van der Waals surface area contributed by atoms with Crippen LogP contribution in [0.4, 0.5) is 4.79 Å². The van der Waals surface area contributed by atoms with Gasteiger partial charge in [-0.05, 0) is 56.0 Å². The minimum absolute atomic E-state index is 0.0120. The van der Waals surface area contributed by atoms with E-state index in [1.165, 1.54) is 0 Å². The zero-order chi connectivity index (χ0) is 17.9. The van der Waals surface area contributed by atoms with E-state index in [4.69, 9.17) is 4.74 Å². The first-order valence-electron chi connectivity index (χ1n) is 8.16. The lowest BCUT2D eigenvalue weighted by Crippen LogP contribution is -2.43. The first-order chi connectivity index (χ1) is 11.2. The number of aliphatic hydroxyl groups is 1. The van der Waals surface area contributed by atoms with E-state index in [0.29, 0.717) is 25.9 Å². The summed E-state index contributed by atoms with van der Waals surface area (Å²) in [4.78, 5) is 25.5. The summed E-state index contributed by atoms with van der Waals surface area (Å²) in [7, 11) is 0. The van der Waals surface area contributed by atoms with Gasteiger partial charge in [0.15, 0.2) is 0 Å². The van der Waals surface area contributed by atoms with E-state index < -0.39 is 17.8 Å². The molecule has 1 aliphatic rings. The molecular formula is C17H26N2O4S. The molecule has 2 atom stereocenters. The Balaban J connectivity index is 1.91. The highest BCUT2D eigenvalue weighted by atomic mass is 32.1. The molecule has 1 saturated heterocycles. The summed E-state index contributed by atoms with van der Waals surface area (Å²) >= 11 is 1.55. The highest BCUT2D eigenvalue weighted by Crippen LogP contribution is 2.32. The largest absolute Gasteiger partial charge is 0.444 e. The molecule has 0 spiro atoms. The van der Waals surface area contributed by atoms with E-state index in [-0.39, 0.29) is 11.9 Å². The SMILES string of the molecule is Cc1cscc1[C@@H](O)[C@@H]1CCC(=O)N1CCNC(=O)OC(C)(C)C. The predicted molar refractivity (Wildman–Crippen MR) is 93.0 cm³/mol. The smallest absolute Gasteiger partial charge is 0.407 e. The Morgan fingerprint density at radius 3 is 2.79 bits per heavy atom. The number of likely N-dealkylation sites (tertiary alicyclic amines) is 1. The number of rotatable bonds is 5. The molecule has 1 aliphatic heterocycles. The lowest BCUT2D eigenvalue weighted by molar-refractivity contribution is -0.130. The van der Waals surface area contributed by atoms with Crippen molar-refractivity contribution in [1.29, 1.82) is 0 Å². The Hall–Kier alpha value is -1.60. The summed E-state index contributed by atoms with van der Waals surface area (Å²) in [6, 6.07) is -0.244. The molecule has 1 aromatic heterocycles. The fourth-order valence-corrected chi connectivity index (χ4v) is 3.73. The maximum absolute atomic E-state index is 12.1. The maximum atomic E-state index is 12.1. The maximum Gasteiger partial charge on any atom is 0.407 e. The van der Waals surface area contributed by atoms with E-state index in [1.807, 2.05) is 17.7 Å². The fraction of sp³-hybridized carbons (Fsp3) is 0.647. The fourth-order valence-electron chi connectivity index (χ4n) is 2.85. The zero-order valence-corrected chi connectivity index (χ0v) is 15.5. The van der Waals surface area contributed by atoms with Crippen LogP contribution in [-0.2, 0) is 9.53 Å². The molecular weight excluding hydrogens is 328 g/mol. The van der Waals surface area contributed by atoms with Gasteiger partial charge in [0.2, 0.25) is 5.91 Å². The third-order valence-corrected chi connectivity index (χ3v) is 4.85. The van der Waals surface area contributed by atoms with E-state index >= 15 is 0 Å². The van der Waals surface area contributed by atoms with Crippen LogP contribution in [0.3, 0.4) is 0 Å². The number of ether oxygens (including phenoxy) is 1. The van der Waals surface area contributed by atoms with Crippen LogP contribution in [0.25, 0.3) is 0 Å². The Labute approximate surface area is 146 Å². The number of hydrogen-bond donors (Lipinski definition) is 2. The Morgan fingerprint density at radius 2 is 2.21 bits per heavy atom. The number of nitrogens with zero attached hydrogens (tertiary/aromatic N) is 1. The molecule has 6 nitrogen and oxygen atoms in total. The van der Waals surface area contributed by atoms with Crippen LogP contribution in [0.15, 0.2) is 10.8 Å². The van der Waals surface area contributed by atoms with Crippen LogP contribution in [0.5, 0.6) is 0 Å². The lowest BCUT2D eigenvalue weighted by atomic mass is 10.00. The van der Waals surface area contributed by atoms with Crippen LogP contribution in [0.2, 0.25) is 0 Å². The second-order valence-electron chi connectivity index (χ2n) is 7.08. The summed E-state index contributed by atoms with van der Waals surface area (Å²) in [6.45, 7) is 8.01. The monoisotopic (exact) mass is 354 g/mol. The molecule has 2 N–H and O–H groups in total. The molecule has 0 aromatic carbocycles. The number of alkyl carbamates (subject to hydrolysis) is 1. The molecule has 1 fully saturated rings. The van der Waals surface area contributed by atoms with Gasteiger partial charge in [0.25, 0.3) is 0 Å².